The number of anilines is 1. The zero-order chi connectivity index (χ0) is 21.1. The van der Waals surface area contributed by atoms with Crippen molar-refractivity contribution in [2.45, 2.75) is 20.3 Å². The Morgan fingerprint density at radius 1 is 1.13 bits per heavy atom. The van der Waals surface area contributed by atoms with Crippen molar-refractivity contribution in [1.29, 1.82) is 0 Å². The van der Waals surface area contributed by atoms with Crippen LogP contribution in [0, 0.1) is 13.8 Å². The number of ether oxygens (including phenoxy) is 2. The number of aryl methyl sites for hydroxylation is 1. The van der Waals surface area contributed by atoms with Crippen LogP contribution in [0.2, 0.25) is 0 Å². The van der Waals surface area contributed by atoms with E-state index >= 15 is 0 Å². The third-order valence-electron chi connectivity index (χ3n) is 4.96. The second-order valence-corrected chi connectivity index (χ2v) is 7.69. The van der Waals surface area contributed by atoms with E-state index in [9.17, 15) is 0 Å². The molecule has 8 nitrogen and oxygen atoms in total. The number of nitrogens with one attached hydrogen (secondary N) is 2. The van der Waals surface area contributed by atoms with Gasteiger partial charge in [0.15, 0.2) is 16.6 Å². The molecule has 0 spiro atoms. The van der Waals surface area contributed by atoms with E-state index in [2.05, 4.69) is 44.9 Å². The molecule has 2 N–H and O–H groups in total. The first-order valence-corrected chi connectivity index (χ1v) is 10.4. The number of benzene rings is 1. The van der Waals surface area contributed by atoms with Gasteiger partial charge in [0.25, 0.3) is 0 Å². The fraction of sp³-hybridized carbons (Fsp3) is 0.286. The molecule has 0 fully saturated rings. The average Bonchev–Trinajstić information content (AvgIpc) is 3.49. The molecular formula is C21H24N6O2S. The van der Waals surface area contributed by atoms with Crippen LogP contribution in [0.3, 0.4) is 0 Å². The van der Waals surface area contributed by atoms with Crippen molar-refractivity contribution in [3.63, 3.8) is 0 Å². The molecule has 0 atom stereocenters. The van der Waals surface area contributed by atoms with Crippen molar-refractivity contribution < 1.29 is 9.47 Å². The lowest BCUT2D eigenvalue weighted by Gasteiger charge is -2.09. The Morgan fingerprint density at radius 2 is 1.97 bits per heavy atom. The van der Waals surface area contributed by atoms with Gasteiger partial charge in [0, 0.05) is 28.9 Å². The number of H-pyrrole nitrogens is 1. The van der Waals surface area contributed by atoms with Gasteiger partial charge in [0.2, 0.25) is 5.95 Å². The van der Waals surface area contributed by atoms with E-state index in [0.717, 1.165) is 52.2 Å². The summed E-state index contributed by atoms with van der Waals surface area (Å²) < 4.78 is 12.7. The second kappa shape index (κ2) is 8.58. The van der Waals surface area contributed by atoms with Crippen molar-refractivity contribution in [3.8, 4) is 28.7 Å². The maximum atomic E-state index is 5.38. The number of methoxy groups -OCH3 is 2. The molecule has 0 bridgehead atoms. The van der Waals surface area contributed by atoms with Crippen LogP contribution in [0.25, 0.3) is 17.2 Å². The molecule has 0 aliphatic heterocycles. The lowest BCUT2D eigenvalue weighted by Crippen LogP contribution is -2.05. The summed E-state index contributed by atoms with van der Waals surface area (Å²) in [6, 6.07) is 8.11. The fourth-order valence-electron chi connectivity index (χ4n) is 3.48. The van der Waals surface area contributed by atoms with Gasteiger partial charge in [0.05, 0.1) is 19.9 Å². The SMILES string of the molecule is COc1ccc(CCNc2nc(-c3cc(C)n(-c4ncn[nH]4)c3C)cs2)cc1OC. The molecular weight excluding hydrogens is 400 g/mol. The van der Waals surface area contributed by atoms with Crippen molar-refractivity contribution in [3.05, 3.63) is 52.9 Å². The van der Waals surface area contributed by atoms with E-state index in [1.165, 1.54) is 11.9 Å². The Hall–Kier alpha value is -3.33. The third kappa shape index (κ3) is 3.88. The van der Waals surface area contributed by atoms with Crippen molar-refractivity contribution in [1.82, 2.24) is 24.7 Å². The summed E-state index contributed by atoms with van der Waals surface area (Å²) >= 11 is 1.60. The summed E-state index contributed by atoms with van der Waals surface area (Å²) in [6.45, 7) is 4.89. The third-order valence-corrected chi connectivity index (χ3v) is 5.76. The Morgan fingerprint density at radius 3 is 2.70 bits per heavy atom. The van der Waals surface area contributed by atoms with E-state index < -0.39 is 0 Å². The van der Waals surface area contributed by atoms with E-state index in [1.807, 2.05) is 23.6 Å². The fourth-order valence-corrected chi connectivity index (χ4v) is 4.22. The van der Waals surface area contributed by atoms with Crippen LogP contribution in [0.5, 0.6) is 11.5 Å². The van der Waals surface area contributed by atoms with Crippen LogP contribution in [0.15, 0.2) is 36.0 Å². The zero-order valence-electron chi connectivity index (χ0n) is 17.4. The standard InChI is InChI=1S/C21H24N6O2S/c1-13-9-16(14(2)27(13)20-23-12-24-26-20)17-11-30-21(25-17)22-8-7-15-5-6-18(28-3)19(10-15)29-4/h5-6,9-12H,7-8H2,1-4H3,(H,22,25)(H,23,24,26). The molecule has 1 aromatic carbocycles. The largest absolute Gasteiger partial charge is 0.493 e. The topological polar surface area (TPSA) is 89.9 Å². The first kappa shape index (κ1) is 20.0. The van der Waals surface area contributed by atoms with Crippen LogP contribution in [0.1, 0.15) is 17.0 Å². The summed E-state index contributed by atoms with van der Waals surface area (Å²) in [5.41, 5.74) is 5.37. The van der Waals surface area contributed by atoms with Gasteiger partial charge < -0.3 is 14.8 Å². The number of hydrogen-bond acceptors (Lipinski definition) is 7. The molecule has 3 aromatic heterocycles. The maximum Gasteiger partial charge on any atom is 0.229 e. The number of aromatic nitrogens is 5. The average molecular weight is 425 g/mol. The summed E-state index contributed by atoms with van der Waals surface area (Å²) in [6.07, 6.45) is 2.37. The molecule has 3 heterocycles. The van der Waals surface area contributed by atoms with Gasteiger partial charge in [0.1, 0.15) is 6.33 Å². The maximum absolute atomic E-state index is 5.38. The van der Waals surface area contributed by atoms with E-state index in [1.54, 1.807) is 25.6 Å². The van der Waals surface area contributed by atoms with Gasteiger partial charge >= 0.3 is 0 Å². The van der Waals surface area contributed by atoms with Crippen LogP contribution < -0.4 is 14.8 Å². The molecule has 4 aromatic rings. The van der Waals surface area contributed by atoms with Gasteiger partial charge in [-0.3, -0.25) is 4.57 Å². The van der Waals surface area contributed by atoms with Gasteiger partial charge in [-0.1, -0.05) is 6.07 Å². The number of hydrogen-bond donors (Lipinski definition) is 2. The van der Waals surface area contributed by atoms with E-state index in [0.29, 0.717) is 5.95 Å². The molecule has 0 saturated heterocycles. The van der Waals surface area contributed by atoms with Crippen LogP contribution >= 0.6 is 11.3 Å². The summed E-state index contributed by atoms with van der Waals surface area (Å²) in [5, 5.41) is 13.3. The van der Waals surface area contributed by atoms with Gasteiger partial charge in [-0.05, 0) is 44.0 Å². The molecule has 30 heavy (non-hydrogen) atoms. The molecule has 0 aliphatic rings. The quantitative estimate of drug-likeness (QED) is 0.444. The molecule has 0 aliphatic carbocycles. The molecule has 0 radical (unpaired) electrons. The van der Waals surface area contributed by atoms with Crippen LogP contribution in [-0.2, 0) is 6.42 Å². The van der Waals surface area contributed by atoms with Gasteiger partial charge in [-0.15, -0.1) is 11.3 Å². The van der Waals surface area contributed by atoms with Crippen molar-refractivity contribution in [2.24, 2.45) is 0 Å². The second-order valence-electron chi connectivity index (χ2n) is 6.83. The first-order valence-electron chi connectivity index (χ1n) is 9.56. The lowest BCUT2D eigenvalue weighted by atomic mass is 10.1. The number of rotatable bonds is 8. The minimum absolute atomic E-state index is 0.708. The number of thiazole rings is 1. The predicted molar refractivity (Wildman–Crippen MR) is 118 cm³/mol. The molecule has 9 heteroatoms. The highest BCUT2D eigenvalue weighted by Gasteiger charge is 2.16. The van der Waals surface area contributed by atoms with Gasteiger partial charge in [-0.25, -0.2) is 10.1 Å². The highest BCUT2D eigenvalue weighted by Crippen LogP contribution is 2.31. The highest BCUT2D eigenvalue weighted by molar-refractivity contribution is 7.14. The van der Waals surface area contributed by atoms with Crippen LogP contribution in [0.4, 0.5) is 5.13 Å². The summed E-state index contributed by atoms with van der Waals surface area (Å²) in [4.78, 5) is 9.03. The normalized spacial score (nSPS) is 10.9. The first-order chi connectivity index (χ1) is 14.6. The molecule has 0 saturated carbocycles. The minimum atomic E-state index is 0.708. The zero-order valence-corrected chi connectivity index (χ0v) is 18.2. The molecule has 0 amide bonds. The Kier molecular flexibility index (Phi) is 5.71. The monoisotopic (exact) mass is 424 g/mol. The molecule has 4 rings (SSSR count). The van der Waals surface area contributed by atoms with Gasteiger partial charge in [-0.2, -0.15) is 10.1 Å². The molecule has 0 unspecified atom stereocenters. The Bertz CT molecular complexity index is 1130. The Labute approximate surface area is 178 Å². The number of aromatic amines is 1. The lowest BCUT2D eigenvalue weighted by molar-refractivity contribution is 0.354. The smallest absolute Gasteiger partial charge is 0.229 e. The number of nitrogens with zero attached hydrogens (tertiary/aromatic N) is 4. The van der Waals surface area contributed by atoms with Crippen molar-refractivity contribution in [2.75, 3.05) is 26.1 Å². The summed E-state index contributed by atoms with van der Waals surface area (Å²) in [5.74, 6) is 2.19. The minimum Gasteiger partial charge on any atom is -0.493 e. The summed E-state index contributed by atoms with van der Waals surface area (Å²) in [7, 11) is 3.29. The van der Waals surface area contributed by atoms with Crippen molar-refractivity contribution >= 4 is 16.5 Å². The van der Waals surface area contributed by atoms with E-state index in [-0.39, 0.29) is 0 Å². The predicted octanol–water partition coefficient (Wildman–Crippen LogP) is 4.01. The Balaban J connectivity index is 1.44. The highest BCUT2D eigenvalue weighted by atomic mass is 32.1. The molecule has 156 valence electrons. The van der Waals surface area contributed by atoms with Crippen LogP contribution in [-0.4, -0.2) is 45.5 Å². The van der Waals surface area contributed by atoms with E-state index in [4.69, 9.17) is 14.5 Å².